The first-order valence-corrected chi connectivity index (χ1v) is 7.82. The van der Waals surface area contributed by atoms with Crippen LogP contribution in [-0.2, 0) is 0 Å². The minimum absolute atomic E-state index is 0.0794. The second-order valence-electron chi connectivity index (χ2n) is 6.99. The van der Waals surface area contributed by atoms with Crippen molar-refractivity contribution in [3.05, 3.63) is 0 Å². The minimum atomic E-state index is -0.0794. The highest BCUT2D eigenvalue weighted by molar-refractivity contribution is 4.92. The van der Waals surface area contributed by atoms with Crippen molar-refractivity contribution in [3.63, 3.8) is 0 Å². The largest absolute Gasteiger partial charge is 0.393 e. The van der Waals surface area contributed by atoms with Crippen LogP contribution in [0.4, 0.5) is 0 Å². The molecule has 0 aliphatic heterocycles. The van der Waals surface area contributed by atoms with E-state index in [9.17, 15) is 5.11 Å². The second kappa shape index (κ2) is 6.91. The fourth-order valence-electron chi connectivity index (χ4n) is 3.46. The molecule has 0 saturated heterocycles. The van der Waals surface area contributed by atoms with Gasteiger partial charge in [-0.1, -0.05) is 41.0 Å². The van der Waals surface area contributed by atoms with E-state index in [4.69, 9.17) is 0 Å². The molecule has 0 heterocycles. The maximum atomic E-state index is 10.0. The molecule has 0 aromatic heterocycles. The zero-order valence-electron chi connectivity index (χ0n) is 13.1. The summed E-state index contributed by atoms with van der Waals surface area (Å²) in [6.07, 6.45) is 5.59. The third-order valence-corrected chi connectivity index (χ3v) is 4.58. The highest BCUT2D eigenvalue weighted by atomic mass is 16.3. The molecule has 108 valence electrons. The van der Waals surface area contributed by atoms with E-state index >= 15 is 0 Å². The molecule has 0 aromatic rings. The third-order valence-electron chi connectivity index (χ3n) is 4.58. The van der Waals surface area contributed by atoms with Crippen LogP contribution in [0, 0.1) is 11.3 Å². The summed E-state index contributed by atoms with van der Waals surface area (Å²) in [6.45, 7) is 13.9. The topological polar surface area (TPSA) is 23.5 Å². The van der Waals surface area contributed by atoms with E-state index in [1.165, 1.54) is 25.8 Å². The van der Waals surface area contributed by atoms with E-state index in [0.717, 1.165) is 25.3 Å². The fourth-order valence-corrected chi connectivity index (χ4v) is 3.46. The summed E-state index contributed by atoms with van der Waals surface area (Å²) in [7, 11) is 0. The molecule has 0 amide bonds. The highest BCUT2D eigenvalue weighted by Gasteiger charge is 2.39. The second-order valence-corrected chi connectivity index (χ2v) is 6.99. The van der Waals surface area contributed by atoms with Gasteiger partial charge in [0.15, 0.2) is 0 Å². The van der Waals surface area contributed by atoms with Crippen molar-refractivity contribution in [2.24, 2.45) is 11.3 Å². The van der Waals surface area contributed by atoms with Gasteiger partial charge in [0.25, 0.3) is 0 Å². The predicted molar refractivity (Wildman–Crippen MR) is 78.7 cm³/mol. The Hall–Kier alpha value is -0.0800. The van der Waals surface area contributed by atoms with Crippen LogP contribution < -0.4 is 0 Å². The average Bonchev–Trinajstić information content (AvgIpc) is 2.28. The number of rotatable bonds is 5. The van der Waals surface area contributed by atoms with Gasteiger partial charge >= 0.3 is 0 Å². The van der Waals surface area contributed by atoms with Crippen molar-refractivity contribution in [1.29, 1.82) is 0 Å². The van der Waals surface area contributed by atoms with Crippen molar-refractivity contribution in [1.82, 2.24) is 4.90 Å². The van der Waals surface area contributed by atoms with Crippen LogP contribution in [0.25, 0.3) is 0 Å². The lowest BCUT2D eigenvalue weighted by molar-refractivity contribution is -0.0102. The number of aliphatic hydroxyl groups excluding tert-OH is 1. The van der Waals surface area contributed by atoms with Gasteiger partial charge < -0.3 is 10.0 Å². The molecular weight excluding hydrogens is 222 g/mol. The van der Waals surface area contributed by atoms with Gasteiger partial charge in [-0.15, -0.1) is 0 Å². The van der Waals surface area contributed by atoms with Gasteiger partial charge in [0.2, 0.25) is 0 Å². The number of unbranched alkanes of at least 4 members (excludes halogenated alkanes) is 1. The van der Waals surface area contributed by atoms with E-state index in [1.807, 2.05) is 0 Å². The molecule has 0 bridgehead atoms. The molecule has 18 heavy (non-hydrogen) atoms. The third kappa shape index (κ3) is 4.24. The molecule has 3 unspecified atom stereocenters. The fraction of sp³-hybridized carbons (Fsp3) is 1.00. The normalized spacial score (nSPS) is 29.8. The van der Waals surface area contributed by atoms with Crippen LogP contribution in [0.1, 0.15) is 66.7 Å². The van der Waals surface area contributed by atoms with E-state index in [2.05, 4.69) is 39.5 Å². The Kier molecular flexibility index (Phi) is 6.13. The summed E-state index contributed by atoms with van der Waals surface area (Å²) in [5, 5.41) is 10.0. The number of hydrogen-bond donors (Lipinski definition) is 1. The molecule has 2 nitrogen and oxygen atoms in total. The Morgan fingerprint density at radius 3 is 2.33 bits per heavy atom. The lowest BCUT2D eigenvalue weighted by Gasteiger charge is -2.47. The molecule has 1 fully saturated rings. The number of aliphatic hydroxyl groups is 1. The molecule has 1 aliphatic rings. The zero-order valence-corrected chi connectivity index (χ0v) is 13.1. The Morgan fingerprint density at radius 1 is 1.17 bits per heavy atom. The van der Waals surface area contributed by atoms with E-state index < -0.39 is 0 Å². The van der Waals surface area contributed by atoms with Gasteiger partial charge in [0.05, 0.1) is 6.10 Å². The summed E-state index contributed by atoms with van der Waals surface area (Å²) in [5.74, 6) is 0.720. The van der Waals surface area contributed by atoms with Crippen molar-refractivity contribution >= 4 is 0 Å². The van der Waals surface area contributed by atoms with Crippen molar-refractivity contribution in [2.45, 2.75) is 78.9 Å². The van der Waals surface area contributed by atoms with Crippen molar-refractivity contribution in [2.75, 3.05) is 13.1 Å². The van der Waals surface area contributed by atoms with Crippen molar-refractivity contribution in [3.8, 4) is 0 Å². The van der Waals surface area contributed by atoms with Crippen LogP contribution in [0.3, 0.4) is 0 Å². The lowest BCUT2D eigenvalue weighted by Crippen LogP contribution is -2.50. The molecular formula is C16H33NO. The van der Waals surface area contributed by atoms with Gasteiger partial charge in [-0.2, -0.15) is 0 Å². The summed E-state index contributed by atoms with van der Waals surface area (Å²) in [4.78, 5) is 2.61. The first-order chi connectivity index (χ1) is 8.40. The molecule has 2 heteroatoms. The van der Waals surface area contributed by atoms with Gasteiger partial charge in [0.1, 0.15) is 0 Å². The van der Waals surface area contributed by atoms with Gasteiger partial charge in [-0.05, 0) is 50.1 Å². The van der Waals surface area contributed by atoms with Crippen LogP contribution in [0.15, 0.2) is 0 Å². The number of nitrogens with zero attached hydrogens (tertiary/aromatic N) is 1. The Labute approximate surface area is 114 Å². The van der Waals surface area contributed by atoms with Crippen LogP contribution in [0.2, 0.25) is 0 Å². The predicted octanol–water partition coefficient (Wildman–Crippen LogP) is 3.68. The van der Waals surface area contributed by atoms with E-state index in [0.29, 0.717) is 11.5 Å². The van der Waals surface area contributed by atoms with Crippen LogP contribution in [-0.4, -0.2) is 35.2 Å². The molecule has 0 spiro atoms. The summed E-state index contributed by atoms with van der Waals surface area (Å²) in [6, 6.07) is 0.574. The Bertz CT molecular complexity index is 234. The molecule has 0 aromatic carbocycles. The molecule has 0 radical (unpaired) electrons. The maximum absolute atomic E-state index is 10.0. The van der Waals surface area contributed by atoms with Crippen LogP contribution >= 0.6 is 0 Å². The van der Waals surface area contributed by atoms with Crippen LogP contribution in [0.5, 0.6) is 0 Å². The standard InChI is InChI=1S/C16H33NO/c1-6-8-11-17(7-2)15-12-13(18)9-10-14(15)16(3,4)5/h13-15,18H,6-12H2,1-5H3. The minimum Gasteiger partial charge on any atom is -0.393 e. The first kappa shape index (κ1) is 16.0. The van der Waals surface area contributed by atoms with Gasteiger partial charge in [-0.25, -0.2) is 0 Å². The first-order valence-electron chi connectivity index (χ1n) is 7.82. The highest BCUT2D eigenvalue weighted by Crippen LogP contribution is 2.40. The smallest absolute Gasteiger partial charge is 0.0555 e. The molecule has 3 atom stereocenters. The summed E-state index contributed by atoms with van der Waals surface area (Å²) < 4.78 is 0. The van der Waals surface area contributed by atoms with E-state index in [-0.39, 0.29) is 6.10 Å². The Balaban J connectivity index is 2.76. The lowest BCUT2D eigenvalue weighted by atomic mass is 9.68. The summed E-state index contributed by atoms with van der Waals surface area (Å²) in [5.41, 5.74) is 0.352. The average molecular weight is 255 g/mol. The maximum Gasteiger partial charge on any atom is 0.0555 e. The Morgan fingerprint density at radius 2 is 1.83 bits per heavy atom. The SMILES string of the molecule is CCCCN(CC)C1CC(O)CCC1C(C)(C)C. The quantitative estimate of drug-likeness (QED) is 0.810. The zero-order chi connectivity index (χ0) is 13.8. The molecule has 1 saturated carbocycles. The van der Waals surface area contributed by atoms with Gasteiger partial charge in [0, 0.05) is 6.04 Å². The van der Waals surface area contributed by atoms with E-state index in [1.54, 1.807) is 0 Å². The summed E-state index contributed by atoms with van der Waals surface area (Å²) >= 11 is 0. The molecule has 1 rings (SSSR count). The van der Waals surface area contributed by atoms with Crippen molar-refractivity contribution < 1.29 is 5.11 Å². The number of hydrogen-bond acceptors (Lipinski definition) is 2. The molecule has 1 N–H and O–H groups in total. The molecule has 1 aliphatic carbocycles. The van der Waals surface area contributed by atoms with Gasteiger partial charge in [-0.3, -0.25) is 0 Å². The monoisotopic (exact) mass is 255 g/mol.